The zero-order chi connectivity index (χ0) is 8.48. The first-order valence-corrected chi connectivity index (χ1v) is 3.71. The molecule has 1 aromatic heterocycles. The summed E-state index contributed by atoms with van der Waals surface area (Å²) in [5, 5.41) is 0.414. The van der Waals surface area contributed by atoms with Crippen molar-refractivity contribution in [3.63, 3.8) is 0 Å². The van der Waals surface area contributed by atoms with Gasteiger partial charge in [-0.05, 0) is 18.0 Å². The van der Waals surface area contributed by atoms with Crippen molar-refractivity contribution in [3.8, 4) is 0 Å². The lowest BCUT2D eigenvalue weighted by molar-refractivity contribution is -0.144. The number of alkyl halides is 3. The molecule has 2 nitrogen and oxygen atoms in total. The molecule has 0 aliphatic carbocycles. The molecule has 0 saturated heterocycles. The molecule has 0 N–H and O–H groups in total. The van der Waals surface area contributed by atoms with Crippen LogP contribution in [-0.4, -0.2) is 9.36 Å². The molecule has 0 radical (unpaired) electrons. The number of aryl methyl sites for hydroxylation is 1. The van der Waals surface area contributed by atoms with E-state index in [0.717, 1.165) is 11.5 Å². The highest BCUT2D eigenvalue weighted by Crippen LogP contribution is 2.27. The molecular formula is C5H5F3N2S. The number of halogens is 3. The second kappa shape index (κ2) is 2.77. The Bertz CT molecular complexity index is 242. The van der Waals surface area contributed by atoms with Gasteiger partial charge < -0.3 is 0 Å². The molecule has 0 unspecified atom stereocenters. The lowest BCUT2D eigenvalue weighted by Crippen LogP contribution is -2.07. The third-order valence-electron chi connectivity index (χ3n) is 1.02. The van der Waals surface area contributed by atoms with Crippen LogP contribution >= 0.6 is 11.5 Å². The maximum Gasteiger partial charge on any atom is 0.452 e. The second-order valence-corrected chi connectivity index (χ2v) is 2.70. The van der Waals surface area contributed by atoms with Gasteiger partial charge in [0.25, 0.3) is 0 Å². The summed E-state index contributed by atoms with van der Waals surface area (Å²) in [6.45, 7) is 1.74. The quantitative estimate of drug-likeness (QED) is 0.664. The molecule has 1 rings (SSSR count). The molecule has 0 atom stereocenters. The van der Waals surface area contributed by atoms with E-state index >= 15 is 0 Å². The first-order valence-electron chi connectivity index (χ1n) is 2.94. The first kappa shape index (κ1) is 8.45. The molecule has 0 aromatic carbocycles. The van der Waals surface area contributed by atoms with E-state index in [1.54, 1.807) is 6.92 Å². The van der Waals surface area contributed by atoms with Crippen LogP contribution < -0.4 is 0 Å². The number of nitrogens with zero attached hydrogens (tertiary/aromatic N) is 2. The van der Waals surface area contributed by atoms with E-state index in [4.69, 9.17) is 0 Å². The van der Waals surface area contributed by atoms with Gasteiger partial charge >= 0.3 is 6.18 Å². The van der Waals surface area contributed by atoms with Gasteiger partial charge in [-0.1, -0.05) is 6.92 Å². The van der Waals surface area contributed by atoms with Gasteiger partial charge in [0.15, 0.2) is 0 Å². The van der Waals surface area contributed by atoms with Crippen LogP contribution in [0.4, 0.5) is 13.2 Å². The van der Waals surface area contributed by atoms with Crippen LogP contribution in [0.5, 0.6) is 0 Å². The molecule has 0 aliphatic rings. The van der Waals surface area contributed by atoms with Crippen molar-refractivity contribution in [1.82, 2.24) is 9.36 Å². The van der Waals surface area contributed by atoms with Gasteiger partial charge in [0.1, 0.15) is 5.01 Å². The van der Waals surface area contributed by atoms with Gasteiger partial charge in [-0.3, -0.25) is 0 Å². The van der Waals surface area contributed by atoms with Crippen LogP contribution in [-0.2, 0) is 12.6 Å². The van der Waals surface area contributed by atoms with Gasteiger partial charge in [0, 0.05) is 0 Å². The smallest absolute Gasteiger partial charge is 0.216 e. The minimum atomic E-state index is -4.40. The summed E-state index contributed by atoms with van der Waals surface area (Å²) in [7, 11) is 0. The lowest BCUT2D eigenvalue weighted by Gasteiger charge is -1.97. The van der Waals surface area contributed by atoms with Crippen molar-refractivity contribution in [2.75, 3.05) is 0 Å². The van der Waals surface area contributed by atoms with Gasteiger partial charge in [-0.15, -0.1) is 0 Å². The van der Waals surface area contributed by atoms with Gasteiger partial charge in [0.2, 0.25) is 5.82 Å². The van der Waals surface area contributed by atoms with Crippen LogP contribution in [0.2, 0.25) is 0 Å². The molecular weight excluding hydrogens is 177 g/mol. The first-order chi connectivity index (χ1) is 5.04. The van der Waals surface area contributed by atoms with Crippen molar-refractivity contribution in [2.45, 2.75) is 19.5 Å². The fraction of sp³-hybridized carbons (Fsp3) is 0.600. The summed E-state index contributed by atoms with van der Waals surface area (Å²) in [4.78, 5) is 3.28. The van der Waals surface area contributed by atoms with E-state index in [0.29, 0.717) is 11.4 Å². The van der Waals surface area contributed by atoms with Crippen LogP contribution in [0.3, 0.4) is 0 Å². The second-order valence-electron chi connectivity index (χ2n) is 1.86. The van der Waals surface area contributed by atoms with E-state index in [1.807, 2.05) is 0 Å². The summed E-state index contributed by atoms with van der Waals surface area (Å²) in [5.74, 6) is -1.03. The Morgan fingerprint density at radius 2 is 2.09 bits per heavy atom. The Morgan fingerprint density at radius 1 is 1.45 bits per heavy atom. The summed E-state index contributed by atoms with van der Waals surface area (Å²) in [6.07, 6.45) is -3.91. The summed E-state index contributed by atoms with van der Waals surface area (Å²) in [6, 6.07) is 0. The predicted molar refractivity (Wildman–Crippen MR) is 34.3 cm³/mol. The van der Waals surface area contributed by atoms with E-state index in [2.05, 4.69) is 9.36 Å². The fourth-order valence-corrected chi connectivity index (χ4v) is 1.11. The van der Waals surface area contributed by atoms with Crippen molar-refractivity contribution >= 4 is 11.5 Å². The molecule has 0 bridgehead atoms. The Kier molecular flexibility index (Phi) is 2.12. The minimum Gasteiger partial charge on any atom is -0.216 e. The highest BCUT2D eigenvalue weighted by atomic mass is 32.1. The Hall–Kier alpha value is -0.650. The molecule has 0 amide bonds. The Balaban J connectivity index is 2.89. The highest BCUT2D eigenvalue weighted by molar-refractivity contribution is 7.05. The van der Waals surface area contributed by atoms with Crippen molar-refractivity contribution in [2.24, 2.45) is 0 Å². The molecule has 6 heteroatoms. The van der Waals surface area contributed by atoms with E-state index in [-0.39, 0.29) is 0 Å². The van der Waals surface area contributed by atoms with E-state index in [1.165, 1.54) is 0 Å². The fourth-order valence-electron chi connectivity index (χ4n) is 0.514. The van der Waals surface area contributed by atoms with Crippen LogP contribution in [0.15, 0.2) is 0 Å². The van der Waals surface area contributed by atoms with Crippen molar-refractivity contribution in [3.05, 3.63) is 10.8 Å². The zero-order valence-corrected chi connectivity index (χ0v) is 6.46. The van der Waals surface area contributed by atoms with Gasteiger partial charge in [-0.25, -0.2) is 4.98 Å². The summed E-state index contributed by atoms with van der Waals surface area (Å²) < 4.78 is 38.6. The van der Waals surface area contributed by atoms with Gasteiger partial charge in [-0.2, -0.15) is 17.5 Å². The monoisotopic (exact) mass is 182 g/mol. The number of rotatable bonds is 1. The average Bonchev–Trinajstić information content (AvgIpc) is 2.32. The van der Waals surface area contributed by atoms with Crippen LogP contribution in [0.25, 0.3) is 0 Å². The highest BCUT2D eigenvalue weighted by Gasteiger charge is 2.35. The topological polar surface area (TPSA) is 25.8 Å². The molecule has 0 spiro atoms. The zero-order valence-electron chi connectivity index (χ0n) is 5.64. The van der Waals surface area contributed by atoms with Gasteiger partial charge in [0.05, 0.1) is 0 Å². The molecule has 0 saturated carbocycles. The minimum absolute atomic E-state index is 0.414. The summed E-state index contributed by atoms with van der Waals surface area (Å²) in [5.41, 5.74) is 0. The van der Waals surface area contributed by atoms with Crippen LogP contribution in [0.1, 0.15) is 17.8 Å². The molecule has 0 fully saturated rings. The van der Waals surface area contributed by atoms with Crippen molar-refractivity contribution < 1.29 is 13.2 Å². The maximum atomic E-state index is 11.8. The molecule has 1 aromatic rings. The summed E-state index contributed by atoms with van der Waals surface area (Å²) >= 11 is 0.795. The average molecular weight is 182 g/mol. The molecule has 11 heavy (non-hydrogen) atoms. The Labute approximate surface area is 65.2 Å². The standard InChI is InChI=1S/C5H5F3N2S/c1-2-3-9-4(10-11-3)5(6,7)8/h2H2,1H3. The molecule has 0 aliphatic heterocycles. The number of aromatic nitrogens is 2. The third kappa shape index (κ3) is 1.89. The number of hydrogen-bond acceptors (Lipinski definition) is 3. The molecule has 1 heterocycles. The van der Waals surface area contributed by atoms with E-state index < -0.39 is 12.0 Å². The lowest BCUT2D eigenvalue weighted by atomic mass is 10.5. The Morgan fingerprint density at radius 3 is 2.36 bits per heavy atom. The maximum absolute atomic E-state index is 11.8. The van der Waals surface area contributed by atoms with E-state index in [9.17, 15) is 13.2 Å². The predicted octanol–water partition coefficient (Wildman–Crippen LogP) is 2.12. The van der Waals surface area contributed by atoms with Crippen molar-refractivity contribution in [1.29, 1.82) is 0 Å². The molecule has 62 valence electrons. The van der Waals surface area contributed by atoms with Crippen LogP contribution in [0, 0.1) is 0 Å². The SMILES string of the molecule is CCc1nc(C(F)(F)F)ns1. The normalized spacial score (nSPS) is 12.0. The number of hydrogen-bond donors (Lipinski definition) is 0. The third-order valence-corrected chi connectivity index (χ3v) is 1.88. The largest absolute Gasteiger partial charge is 0.452 e.